The van der Waals surface area contributed by atoms with E-state index >= 15 is 0 Å². The van der Waals surface area contributed by atoms with E-state index in [4.69, 9.17) is 9.47 Å². The van der Waals surface area contributed by atoms with Crippen molar-refractivity contribution in [3.8, 4) is 0 Å². The van der Waals surface area contributed by atoms with Crippen LogP contribution in [0, 0.1) is 0 Å². The van der Waals surface area contributed by atoms with Gasteiger partial charge in [0.05, 0.1) is 6.04 Å². The fourth-order valence-electron chi connectivity index (χ4n) is 5.42. The largest absolute Gasteiger partial charge is 0.445 e. The zero-order valence-corrected chi connectivity index (χ0v) is 26.5. The van der Waals surface area contributed by atoms with E-state index < -0.39 is 23.8 Å². The zero-order valence-electron chi connectivity index (χ0n) is 26.5. The Morgan fingerprint density at radius 3 is 2.09 bits per heavy atom. The number of nitrogens with zero attached hydrogens (tertiary/aromatic N) is 1. The highest BCUT2D eigenvalue weighted by molar-refractivity contribution is 5.82. The fraction of sp³-hybridized carbons (Fsp3) is 0.417. The first-order valence-electron chi connectivity index (χ1n) is 15.7. The van der Waals surface area contributed by atoms with Crippen LogP contribution in [0.25, 0.3) is 0 Å². The van der Waals surface area contributed by atoms with Gasteiger partial charge in [0.25, 0.3) is 0 Å². The molecule has 2 atom stereocenters. The summed E-state index contributed by atoms with van der Waals surface area (Å²) in [5, 5.41) is 9.15. The molecule has 1 heterocycles. The van der Waals surface area contributed by atoms with Gasteiger partial charge in [-0.15, -0.1) is 0 Å². The molecule has 4 rings (SSSR count). The number of amides is 3. The highest BCUT2D eigenvalue weighted by Crippen LogP contribution is 2.27. The van der Waals surface area contributed by atoms with Crippen LogP contribution in [0.15, 0.2) is 91.0 Å². The molecule has 1 saturated heterocycles. The molecule has 3 amide bonds. The topological polar surface area (TPSA) is 109 Å². The number of nitrogens with one attached hydrogen (secondary N) is 3. The molecule has 45 heavy (non-hydrogen) atoms. The van der Waals surface area contributed by atoms with Gasteiger partial charge in [-0.2, -0.15) is 0 Å². The number of alkyl carbamates (subject to hydrolysis) is 2. The van der Waals surface area contributed by atoms with Crippen LogP contribution < -0.4 is 16.0 Å². The number of benzene rings is 3. The quantitative estimate of drug-likeness (QED) is 0.229. The third kappa shape index (κ3) is 11.2. The van der Waals surface area contributed by atoms with Gasteiger partial charge in [-0.3, -0.25) is 4.79 Å². The van der Waals surface area contributed by atoms with Crippen molar-refractivity contribution in [2.75, 3.05) is 26.2 Å². The second kappa shape index (κ2) is 16.6. The predicted octanol–water partition coefficient (Wildman–Crippen LogP) is 5.61. The summed E-state index contributed by atoms with van der Waals surface area (Å²) < 4.78 is 10.7. The normalized spacial score (nSPS) is 17.0. The third-order valence-electron chi connectivity index (χ3n) is 7.64. The molecule has 0 spiro atoms. The summed E-state index contributed by atoms with van der Waals surface area (Å²) in [6, 6.07) is 29.4. The first kappa shape index (κ1) is 33.5. The van der Waals surface area contributed by atoms with Gasteiger partial charge in [-0.05, 0) is 56.7 Å². The fourth-order valence-corrected chi connectivity index (χ4v) is 5.42. The van der Waals surface area contributed by atoms with Crippen LogP contribution in [0.3, 0.4) is 0 Å². The molecule has 3 aromatic carbocycles. The second-order valence-corrected chi connectivity index (χ2v) is 12.4. The number of ether oxygens (including phenoxy) is 2. The lowest BCUT2D eigenvalue weighted by molar-refractivity contribution is -0.133. The van der Waals surface area contributed by atoms with Gasteiger partial charge in [0.15, 0.2) is 0 Å². The van der Waals surface area contributed by atoms with Crippen molar-refractivity contribution in [1.29, 1.82) is 0 Å². The predicted molar refractivity (Wildman–Crippen MR) is 175 cm³/mol. The van der Waals surface area contributed by atoms with Crippen molar-refractivity contribution < 1.29 is 23.9 Å². The molecule has 0 bridgehead atoms. The molecule has 1 aliphatic heterocycles. The number of carbonyl (C=O) groups excluding carboxylic acids is 3. The van der Waals surface area contributed by atoms with Gasteiger partial charge < -0.3 is 30.3 Å². The Balaban J connectivity index is 1.41. The summed E-state index contributed by atoms with van der Waals surface area (Å²) in [5.74, 6) is 0.0211. The monoisotopic (exact) mass is 614 g/mol. The zero-order chi connectivity index (χ0) is 32.1. The molecule has 9 nitrogen and oxygen atoms in total. The van der Waals surface area contributed by atoms with Crippen LogP contribution in [0.5, 0.6) is 0 Å². The van der Waals surface area contributed by atoms with Crippen LogP contribution in [-0.4, -0.2) is 66.9 Å². The van der Waals surface area contributed by atoms with Crippen LogP contribution in [0.4, 0.5) is 9.59 Å². The van der Waals surface area contributed by atoms with E-state index in [2.05, 4.69) is 40.2 Å². The average molecular weight is 615 g/mol. The molecular weight excluding hydrogens is 568 g/mol. The minimum absolute atomic E-state index is 0.00879. The SMILES string of the molecule is CC(C)(C)OC(=O)NC[C@@H]1CCN(CC(c2ccccc2)c2ccccc2)C(=O)[C@H](CCCNC(=O)OCc2ccccc2)N1. The Hall–Kier alpha value is -4.37. The number of hydrogen-bond acceptors (Lipinski definition) is 6. The molecule has 1 aliphatic rings. The minimum Gasteiger partial charge on any atom is -0.445 e. The van der Waals surface area contributed by atoms with Gasteiger partial charge in [0, 0.05) is 38.1 Å². The summed E-state index contributed by atoms with van der Waals surface area (Å²) in [6.07, 6.45) is 0.773. The Morgan fingerprint density at radius 1 is 0.889 bits per heavy atom. The molecule has 3 aromatic rings. The molecule has 0 saturated carbocycles. The van der Waals surface area contributed by atoms with Crippen molar-refractivity contribution in [1.82, 2.24) is 20.9 Å². The molecule has 3 N–H and O–H groups in total. The van der Waals surface area contributed by atoms with E-state index in [-0.39, 0.29) is 24.5 Å². The molecule has 0 aromatic heterocycles. The Bertz CT molecular complexity index is 1310. The Kier molecular flexibility index (Phi) is 12.4. The Morgan fingerprint density at radius 2 is 1.49 bits per heavy atom. The summed E-state index contributed by atoms with van der Waals surface area (Å²) in [7, 11) is 0. The highest BCUT2D eigenvalue weighted by atomic mass is 16.6. The van der Waals surface area contributed by atoms with Crippen LogP contribution >= 0.6 is 0 Å². The van der Waals surface area contributed by atoms with Crippen molar-refractivity contribution in [2.24, 2.45) is 0 Å². The summed E-state index contributed by atoms with van der Waals surface area (Å²) >= 11 is 0. The molecule has 0 aliphatic carbocycles. The molecule has 0 radical (unpaired) electrons. The van der Waals surface area contributed by atoms with Crippen LogP contribution in [0.2, 0.25) is 0 Å². The molecule has 1 fully saturated rings. The van der Waals surface area contributed by atoms with Gasteiger partial charge in [0.1, 0.15) is 12.2 Å². The second-order valence-electron chi connectivity index (χ2n) is 12.4. The smallest absolute Gasteiger partial charge is 0.407 e. The van der Waals surface area contributed by atoms with Crippen LogP contribution in [-0.2, 0) is 20.9 Å². The van der Waals surface area contributed by atoms with Crippen molar-refractivity contribution in [2.45, 2.75) is 70.2 Å². The third-order valence-corrected chi connectivity index (χ3v) is 7.64. The summed E-state index contributed by atoms with van der Waals surface area (Å²) in [5.41, 5.74) is 2.60. The molecular formula is C36H46N4O5. The number of rotatable bonds is 12. The number of hydrogen-bond donors (Lipinski definition) is 3. The van der Waals surface area contributed by atoms with E-state index in [0.29, 0.717) is 45.4 Å². The van der Waals surface area contributed by atoms with Gasteiger partial charge in [-0.1, -0.05) is 91.0 Å². The minimum atomic E-state index is -0.602. The van der Waals surface area contributed by atoms with Crippen LogP contribution in [0.1, 0.15) is 62.6 Å². The summed E-state index contributed by atoms with van der Waals surface area (Å²) in [4.78, 5) is 40.6. The molecule has 0 unspecified atom stereocenters. The summed E-state index contributed by atoms with van der Waals surface area (Å²) in [6.45, 7) is 7.44. The van der Waals surface area contributed by atoms with Crippen molar-refractivity contribution >= 4 is 18.1 Å². The van der Waals surface area contributed by atoms with E-state index in [1.807, 2.05) is 92.4 Å². The van der Waals surface area contributed by atoms with Crippen molar-refractivity contribution in [3.63, 3.8) is 0 Å². The first-order valence-corrected chi connectivity index (χ1v) is 15.7. The maximum absolute atomic E-state index is 14.0. The van der Waals surface area contributed by atoms with Gasteiger partial charge in [-0.25, -0.2) is 9.59 Å². The first-order chi connectivity index (χ1) is 21.7. The maximum Gasteiger partial charge on any atom is 0.407 e. The van der Waals surface area contributed by atoms with E-state index in [9.17, 15) is 14.4 Å². The molecule has 240 valence electrons. The van der Waals surface area contributed by atoms with Gasteiger partial charge >= 0.3 is 12.2 Å². The van der Waals surface area contributed by atoms with Crippen molar-refractivity contribution in [3.05, 3.63) is 108 Å². The van der Waals surface area contributed by atoms with E-state index in [1.165, 1.54) is 0 Å². The average Bonchev–Trinajstić information content (AvgIpc) is 3.18. The lowest BCUT2D eigenvalue weighted by Gasteiger charge is -2.29. The van der Waals surface area contributed by atoms with E-state index in [0.717, 1.165) is 16.7 Å². The highest BCUT2D eigenvalue weighted by Gasteiger charge is 2.33. The number of carbonyl (C=O) groups is 3. The maximum atomic E-state index is 14.0. The molecule has 9 heteroatoms. The lowest BCUT2D eigenvalue weighted by atomic mass is 9.90. The van der Waals surface area contributed by atoms with Gasteiger partial charge in [0.2, 0.25) is 5.91 Å². The van der Waals surface area contributed by atoms with E-state index in [1.54, 1.807) is 0 Å². The Labute approximate surface area is 266 Å². The standard InChI is InChI=1S/C36H46N4O5/c1-36(2,3)45-35(43)38-24-30-21-23-40(25-31(28-16-9-5-10-17-28)29-18-11-6-12-19-29)33(41)32(39-30)20-13-22-37-34(42)44-26-27-14-7-4-8-15-27/h4-12,14-19,30-32,39H,13,20-26H2,1-3H3,(H,37,42)(H,38,43)/t30-,32-/m0/s1. The lowest BCUT2D eigenvalue weighted by Crippen LogP contribution is -2.49.